The normalized spacial score (nSPS) is 31.3. The molecule has 22 heavy (non-hydrogen) atoms. The zero-order valence-electron chi connectivity index (χ0n) is 11.7. The van der Waals surface area contributed by atoms with Crippen molar-refractivity contribution in [1.29, 1.82) is 0 Å². The van der Waals surface area contributed by atoms with Crippen molar-refractivity contribution in [2.45, 2.75) is 23.3 Å². The molecule has 0 unspecified atom stereocenters. The molecule has 8 nitrogen and oxygen atoms in total. The first kappa shape index (κ1) is 18.1. The fraction of sp³-hybridized carbons (Fsp3) is 1.00. The summed E-state index contributed by atoms with van der Waals surface area (Å²) in [7, 11) is -14.4. The summed E-state index contributed by atoms with van der Waals surface area (Å²) in [4.78, 5) is 0. The van der Waals surface area contributed by atoms with Gasteiger partial charge in [0, 0.05) is 0 Å². The lowest BCUT2D eigenvalue weighted by molar-refractivity contribution is 0.574. The molecular weight excluding hydrogens is 376 g/mol. The first-order chi connectivity index (χ1) is 9.83. The number of rotatable bonds is 5. The lowest BCUT2D eigenvalue weighted by atomic mass is 10.4. The molecule has 0 aromatic carbocycles. The summed E-state index contributed by atoms with van der Waals surface area (Å²) in [6.07, 6.45) is -0.0228. The Morgan fingerprint density at radius 2 is 1.00 bits per heavy atom. The second kappa shape index (κ2) is 5.71. The molecule has 130 valence electrons. The van der Waals surface area contributed by atoms with E-state index in [0.29, 0.717) is 0 Å². The van der Waals surface area contributed by atoms with Gasteiger partial charge in [-0.3, -0.25) is 0 Å². The zero-order valence-corrected chi connectivity index (χ0v) is 15.0. The molecule has 0 N–H and O–H groups in total. The first-order valence-corrected chi connectivity index (χ1v) is 13.7. The predicted molar refractivity (Wildman–Crippen MR) is 81.7 cm³/mol. The number of hydrogen-bond donors (Lipinski definition) is 0. The van der Waals surface area contributed by atoms with Crippen molar-refractivity contribution < 1.29 is 33.7 Å². The Morgan fingerprint density at radius 1 is 0.682 bits per heavy atom. The molecule has 2 rings (SSSR count). The molecule has 0 saturated carbocycles. The molecule has 2 saturated heterocycles. The van der Waals surface area contributed by atoms with E-state index in [0.717, 1.165) is 0 Å². The van der Waals surface area contributed by atoms with Crippen LogP contribution in [0.5, 0.6) is 0 Å². The van der Waals surface area contributed by atoms with Crippen LogP contribution in [0.2, 0.25) is 0 Å². The Kier molecular flexibility index (Phi) is 4.71. The van der Waals surface area contributed by atoms with E-state index in [1.165, 1.54) is 0 Å². The summed E-state index contributed by atoms with van der Waals surface area (Å²) in [6, 6.07) is 0. The molecule has 0 amide bonds. The average molecular weight is 395 g/mol. The van der Waals surface area contributed by atoms with E-state index in [2.05, 4.69) is 0 Å². The summed E-state index contributed by atoms with van der Waals surface area (Å²) in [6.45, 7) is 0. The van der Waals surface area contributed by atoms with Crippen LogP contribution in [0, 0.1) is 0 Å². The van der Waals surface area contributed by atoms with Gasteiger partial charge < -0.3 is 0 Å². The summed E-state index contributed by atoms with van der Waals surface area (Å²) < 4.78 is 93.5. The highest BCUT2D eigenvalue weighted by Gasteiger charge is 2.40. The van der Waals surface area contributed by atoms with Gasteiger partial charge in [-0.25, -0.2) is 33.7 Å². The maximum Gasteiger partial charge on any atom is 0.155 e. The van der Waals surface area contributed by atoms with Crippen molar-refractivity contribution in [3.8, 4) is 0 Å². The van der Waals surface area contributed by atoms with Crippen LogP contribution in [0.25, 0.3) is 0 Å². The fourth-order valence-electron chi connectivity index (χ4n) is 2.65. The van der Waals surface area contributed by atoms with Gasteiger partial charge in [-0.15, -0.1) is 0 Å². The topological polar surface area (TPSA) is 137 Å². The first-order valence-electron chi connectivity index (χ1n) is 6.67. The molecule has 2 atom stereocenters. The maximum atomic E-state index is 12.1. The molecule has 0 aromatic rings. The Morgan fingerprint density at radius 3 is 1.23 bits per heavy atom. The van der Waals surface area contributed by atoms with Gasteiger partial charge in [0.15, 0.2) is 39.3 Å². The van der Waals surface area contributed by atoms with E-state index in [4.69, 9.17) is 0 Å². The Bertz CT molecular complexity index is 774. The standard InChI is InChI=1S/C10H18O8S4/c11-19(12)3-1-9(7-19)21(15,16)5-6-22(17,18)10-2-4-20(13,14)8-10/h9-10H,1-8H2/t9-,10-/m1/s1. The van der Waals surface area contributed by atoms with E-state index in [-0.39, 0.29) is 24.3 Å². The third kappa shape index (κ3) is 4.20. The molecule has 2 fully saturated rings. The quantitative estimate of drug-likeness (QED) is 0.532. The fourth-order valence-corrected chi connectivity index (χ4v) is 12.4. The van der Waals surface area contributed by atoms with Gasteiger partial charge in [0.1, 0.15) is 0 Å². The van der Waals surface area contributed by atoms with E-state index in [9.17, 15) is 33.7 Å². The monoisotopic (exact) mass is 394 g/mol. The Labute approximate surface area is 131 Å². The van der Waals surface area contributed by atoms with Gasteiger partial charge in [-0.1, -0.05) is 0 Å². The van der Waals surface area contributed by atoms with Crippen molar-refractivity contribution >= 4 is 39.3 Å². The third-order valence-electron chi connectivity index (χ3n) is 4.05. The van der Waals surface area contributed by atoms with Crippen molar-refractivity contribution in [2.75, 3.05) is 34.5 Å². The van der Waals surface area contributed by atoms with Crippen LogP contribution in [-0.2, 0) is 39.3 Å². The van der Waals surface area contributed by atoms with Crippen molar-refractivity contribution in [1.82, 2.24) is 0 Å². The van der Waals surface area contributed by atoms with Gasteiger partial charge in [0.25, 0.3) is 0 Å². The third-order valence-corrected chi connectivity index (χ3v) is 12.6. The molecular formula is C10H18O8S4. The average Bonchev–Trinajstić information content (AvgIpc) is 2.90. The highest BCUT2D eigenvalue weighted by Crippen LogP contribution is 2.23. The lowest BCUT2D eigenvalue weighted by Gasteiger charge is -2.12. The van der Waals surface area contributed by atoms with Crippen LogP contribution >= 0.6 is 0 Å². The van der Waals surface area contributed by atoms with E-state index in [1.807, 2.05) is 0 Å². The molecule has 12 heteroatoms. The summed E-state index contributed by atoms with van der Waals surface area (Å²) >= 11 is 0. The highest BCUT2D eigenvalue weighted by atomic mass is 32.2. The number of hydrogen-bond acceptors (Lipinski definition) is 8. The molecule has 2 heterocycles. The molecule has 0 bridgehead atoms. The molecule has 0 spiro atoms. The van der Waals surface area contributed by atoms with Crippen LogP contribution < -0.4 is 0 Å². The van der Waals surface area contributed by atoms with Crippen molar-refractivity contribution in [3.05, 3.63) is 0 Å². The summed E-state index contributed by atoms with van der Waals surface area (Å²) in [5.41, 5.74) is 0. The Balaban J connectivity index is 2.03. The molecule has 2 aliphatic rings. The molecule has 0 aliphatic carbocycles. The molecule has 0 radical (unpaired) electrons. The number of sulfone groups is 4. The van der Waals surface area contributed by atoms with E-state index < -0.39 is 72.9 Å². The minimum atomic E-state index is -3.83. The van der Waals surface area contributed by atoms with Gasteiger partial charge in [0.2, 0.25) is 0 Å². The summed E-state index contributed by atoms with van der Waals surface area (Å²) in [5, 5.41) is -2.11. The van der Waals surface area contributed by atoms with E-state index in [1.54, 1.807) is 0 Å². The van der Waals surface area contributed by atoms with Crippen LogP contribution in [0.4, 0.5) is 0 Å². The molecule has 2 aliphatic heterocycles. The SMILES string of the molecule is O=S1(=O)CC[C@@H](S(=O)(=O)CCS(=O)(=O)[C@@H]2CCS(=O)(=O)C2)C1. The predicted octanol–water partition coefficient (Wildman–Crippen LogP) is -1.81. The second-order valence-electron chi connectivity index (χ2n) is 5.78. The maximum absolute atomic E-state index is 12.1. The van der Waals surface area contributed by atoms with Gasteiger partial charge in [-0.05, 0) is 12.8 Å². The van der Waals surface area contributed by atoms with Crippen LogP contribution in [-0.4, -0.2) is 78.7 Å². The van der Waals surface area contributed by atoms with Crippen LogP contribution in [0.15, 0.2) is 0 Å². The van der Waals surface area contributed by atoms with E-state index >= 15 is 0 Å². The van der Waals surface area contributed by atoms with Gasteiger partial charge in [-0.2, -0.15) is 0 Å². The highest BCUT2D eigenvalue weighted by molar-refractivity contribution is 7.98. The summed E-state index contributed by atoms with van der Waals surface area (Å²) in [5.74, 6) is -2.66. The second-order valence-corrected chi connectivity index (χ2v) is 15.0. The smallest absolute Gasteiger partial charge is 0.155 e. The van der Waals surface area contributed by atoms with Crippen LogP contribution in [0.3, 0.4) is 0 Å². The lowest BCUT2D eigenvalue weighted by Crippen LogP contribution is -2.32. The Hall–Kier alpha value is -0.200. The minimum Gasteiger partial charge on any atom is -0.229 e. The zero-order chi connectivity index (χ0) is 16.8. The molecule has 0 aromatic heterocycles. The van der Waals surface area contributed by atoms with Gasteiger partial charge in [0.05, 0.1) is 45.0 Å². The van der Waals surface area contributed by atoms with Gasteiger partial charge >= 0.3 is 0 Å². The van der Waals surface area contributed by atoms with Crippen molar-refractivity contribution in [3.63, 3.8) is 0 Å². The van der Waals surface area contributed by atoms with Crippen molar-refractivity contribution in [2.24, 2.45) is 0 Å². The largest absolute Gasteiger partial charge is 0.229 e. The van der Waals surface area contributed by atoms with Crippen LogP contribution in [0.1, 0.15) is 12.8 Å². The minimum absolute atomic E-state index is 0.0114.